The first-order chi connectivity index (χ1) is 12.1. The van der Waals surface area contributed by atoms with Crippen molar-refractivity contribution in [2.24, 2.45) is 16.6 Å². The summed E-state index contributed by atoms with van der Waals surface area (Å²) >= 11 is 0. The standard InChI is InChI=1S/C21H26N2O2/c1-3-25-21(24)19(15-23-2)14-20(22)13-16-9-11-18(12-10-16)17-7-5-4-6-8-17/h4-12,19-20H,2-3,13-15,22H2,1H3/t19-,20+/m0/s1. The second-order valence-electron chi connectivity index (χ2n) is 6.12. The number of hydrogen-bond donors (Lipinski definition) is 1. The molecule has 0 aliphatic heterocycles. The first kappa shape index (κ1) is 18.9. The Morgan fingerprint density at radius 3 is 2.36 bits per heavy atom. The topological polar surface area (TPSA) is 64.7 Å². The summed E-state index contributed by atoms with van der Waals surface area (Å²) in [5.74, 6) is -0.569. The van der Waals surface area contributed by atoms with Crippen molar-refractivity contribution in [3.8, 4) is 11.1 Å². The Bertz CT molecular complexity index is 668. The van der Waals surface area contributed by atoms with Gasteiger partial charge in [-0.2, -0.15) is 0 Å². The van der Waals surface area contributed by atoms with Crippen LogP contribution in [0.2, 0.25) is 0 Å². The largest absolute Gasteiger partial charge is 0.466 e. The molecule has 0 heterocycles. The molecule has 0 fully saturated rings. The molecular formula is C21H26N2O2. The summed E-state index contributed by atoms with van der Waals surface area (Å²) in [6.07, 6.45) is 1.25. The zero-order valence-electron chi connectivity index (χ0n) is 14.7. The number of ether oxygens (including phenoxy) is 1. The van der Waals surface area contributed by atoms with Crippen LogP contribution in [0.1, 0.15) is 18.9 Å². The summed E-state index contributed by atoms with van der Waals surface area (Å²) < 4.78 is 5.09. The molecule has 0 aromatic heterocycles. The molecule has 2 atom stereocenters. The van der Waals surface area contributed by atoms with Gasteiger partial charge in [0.1, 0.15) is 0 Å². The fraction of sp³-hybridized carbons (Fsp3) is 0.333. The molecule has 2 aromatic rings. The fourth-order valence-electron chi connectivity index (χ4n) is 2.88. The van der Waals surface area contributed by atoms with E-state index >= 15 is 0 Å². The van der Waals surface area contributed by atoms with E-state index in [2.05, 4.69) is 48.1 Å². The van der Waals surface area contributed by atoms with Gasteiger partial charge in [0.05, 0.1) is 19.1 Å². The van der Waals surface area contributed by atoms with Crippen molar-refractivity contribution in [1.29, 1.82) is 0 Å². The van der Waals surface area contributed by atoms with E-state index in [1.165, 1.54) is 11.1 Å². The predicted octanol–water partition coefficient (Wildman–Crippen LogP) is 3.49. The summed E-state index contributed by atoms with van der Waals surface area (Å²) in [5.41, 5.74) is 9.78. The molecule has 0 saturated heterocycles. The third kappa shape index (κ3) is 5.84. The lowest BCUT2D eigenvalue weighted by Gasteiger charge is -2.18. The quantitative estimate of drug-likeness (QED) is 0.562. The number of nitrogens with two attached hydrogens (primary N) is 1. The summed E-state index contributed by atoms with van der Waals surface area (Å²) in [4.78, 5) is 15.8. The summed E-state index contributed by atoms with van der Waals surface area (Å²) in [6, 6.07) is 18.5. The van der Waals surface area contributed by atoms with Crippen LogP contribution in [0.4, 0.5) is 0 Å². The van der Waals surface area contributed by atoms with Gasteiger partial charge in [-0.1, -0.05) is 54.6 Å². The number of benzene rings is 2. The normalized spacial score (nSPS) is 13.0. The Kier molecular flexibility index (Phi) is 7.36. The number of esters is 1. The maximum absolute atomic E-state index is 12.0. The Balaban J connectivity index is 1.96. The highest BCUT2D eigenvalue weighted by molar-refractivity contribution is 5.73. The summed E-state index contributed by atoms with van der Waals surface area (Å²) in [5, 5.41) is 0. The van der Waals surface area contributed by atoms with Crippen molar-refractivity contribution in [1.82, 2.24) is 0 Å². The molecule has 0 amide bonds. The number of carbonyl (C=O) groups is 1. The number of carbonyl (C=O) groups excluding carboxylic acids is 1. The number of nitrogens with zero attached hydrogens (tertiary/aromatic N) is 1. The zero-order chi connectivity index (χ0) is 18.1. The SMILES string of the molecule is C=NC[C@H](C[C@H](N)Cc1ccc(-c2ccccc2)cc1)C(=O)OCC. The Morgan fingerprint density at radius 2 is 1.76 bits per heavy atom. The zero-order valence-corrected chi connectivity index (χ0v) is 14.7. The second kappa shape index (κ2) is 9.74. The van der Waals surface area contributed by atoms with Gasteiger partial charge < -0.3 is 15.5 Å². The summed E-state index contributed by atoms with van der Waals surface area (Å²) in [6.45, 7) is 5.98. The Morgan fingerprint density at radius 1 is 1.12 bits per heavy atom. The third-order valence-electron chi connectivity index (χ3n) is 4.12. The van der Waals surface area contributed by atoms with Crippen molar-refractivity contribution in [2.45, 2.75) is 25.8 Å². The summed E-state index contributed by atoms with van der Waals surface area (Å²) in [7, 11) is 0. The minimum Gasteiger partial charge on any atom is -0.466 e. The monoisotopic (exact) mass is 338 g/mol. The highest BCUT2D eigenvalue weighted by Crippen LogP contribution is 2.20. The lowest BCUT2D eigenvalue weighted by Crippen LogP contribution is -2.31. The Hall–Kier alpha value is -2.46. The molecule has 2 rings (SSSR count). The first-order valence-electron chi connectivity index (χ1n) is 8.63. The number of aliphatic imine (C=N–C) groups is 1. The van der Waals surface area contributed by atoms with Gasteiger partial charge in [0.2, 0.25) is 0 Å². The molecule has 2 N–H and O–H groups in total. The van der Waals surface area contributed by atoms with E-state index in [0.29, 0.717) is 26.0 Å². The van der Waals surface area contributed by atoms with Crippen molar-refractivity contribution in [3.05, 3.63) is 60.2 Å². The van der Waals surface area contributed by atoms with E-state index in [1.54, 1.807) is 6.92 Å². The van der Waals surface area contributed by atoms with Crippen LogP contribution in [-0.2, 0) is 16.0 Å². The molecule has 25 heavy (non-hydrogen) atoms. The highest BCUT2D eigenvalue weighted by Gasteiger charge is 2.22. The number of rotatable bonds is 9. The third-order valence-corrected chi connectivity index (χ3v) is 4.12. The Labute approximate surface area is 149 Å². The van der Waals surface area contributed by atoms with E-state index in [4.69, 9.17) is 10.5 Å². The highest BCUT2D eigenvalue weighted by atomic mass is 16.5. The van der Waals surface area contributed by atoms with Crippen molar-refractivity contribution >= 4 is 12.7 Å². The molecule has 0 unspecified atom stereocenters. The molecule has 4 nitrogen and oxygen atoms in total. The molecule has 0 radical (unpaired) electrons. The van der Waals surface area contributed by atoms with Gasteiger partial charge in [0.15, 0.2) is 0 Å². The fourth-order valence-corrected chi connectivity index (χ4v) is 2.88. The lowest BCUT2D eigenvalue weighted by atomic mass is 9.94. The predicted molar refractivity (Wildman–Crippen MR) is 103 cm³/mol. The van der Waals surface area contributed by atoms with Gasteiger partial charge in [-0.3, -0.25) is 4.79 Å². The van der Waals surface area contributed by atoms with Gasteiger partial charge in [-0.05, 0) is 43.2 Å². The first-order valence-corrected chi connectivity index (χ1v) is 8.63. The molecular weight excluding hydrogens is 312 g/mol. The molecule has 4 heteroatoms. The van der Waals surface area contributed by atoms with Gasteiger partial charge >= 0.3 is 5.97 Å². The maximum Gasteiger partial charge on any atom is 0.310 e. The van der Waals surface area contributed by atoms with Crippen LogP contribution in [-0.4, -0.2) is 31.9 Å². The van der Waals surface area contributed by atoms with E-state index < -0.39 is 0 Å². The van der Waals surface area contributed by atoms with Crippen molar-refractivity contribution in [2.75, 3.05) is 13.2 Å². The van der Waals surface area contributed by atoms with Gasteiger partial charge in [0, 0.05) is 6.04 Å². The van der Waals surface area contributed by atoms with Gasteiger partial charge in [-0.15, -0.1) is 0 Å². The van der Waals surface area contributed by atoms with Crippen LogP contribution >= 0.6 is 0 Å². The number of hydrogen-bond acceptors (Lipinski definition) is 4. The molecule has 2 aromatic carbocycles. The van der Waals surface area contributed by atoms with Crippen LogP contribution in [0.5, 0.6) is 0 Å². The molecule has 0 saturated carbocycles. The van der Waals surface area contributed by atoms with E-state index in [-0.39, 0.29) is 17.9 Å². The smallest absolute Gasteiger partial charge is 0.310 e. The minimum absolute atomic E-state index is 0.126. The van der Waals surface area contributed by atoms with Crippen LogP contribution in [0.3, 0.4) is 0 Å². The maximum atomic E-state index is 12.0. The molecule has 132 valence electrons. The van der Waals surface area contributed by atoms with Gasteiger partial charge in [0.25, 0.3) is 0 Å². The van der Waals surface area contributed by atoms with Crippen LogP contribution in [0.25, 0.3) is 11.1 Å². The molecule has 0 aliphatic carbocycles. The molecule has 0 bridgehead atoms. The van der Waals surface area contributed by atoms with Gasteiger partial charge in [-0.25, -0.2) is 0 Å². The van der Waals surface area contributed by atoms with Crippen LogP contribution < -0.4 is 5.73 Å². The van der Waals surface area contributed by atoms with Crippen LogP contribution in [0, 0.1) is 5.92 Å². The van der Waals surface area contributed by atoms with Crippen molar-refractivity contribution in [3.63, 3.8) is 0 Å². The van der Waals surface area contributed by atoms with E-state index in [0.717, 1.165) is 5.56 Å². The lowest BCUT2D eigenvalue weighted by molar-refractivity contribution is -0.148. The average molecular weight is 338 g/mol. The van der Waals surface area contributed by atoms with E-state index in [1.807, 2.05) is 18.2 Å². The van der Waals surface area contributed by atoms with Crippen molar-refractivity contribution < 1.29 is 9.53 Å². The average Bonchev–Trinajstić information content (AvgIpc) is 2.63. The molecule has 0 spiro atoms. The molecule has 0 aliphatic rings. The second-order valence-corrected chi connectivity index (χ2v) is 6.12. The van der Waals surface area contributed by atoms with Crippen LogP contribution in [0.15, 0.2) is 59.6 Å². The van der Waals surface area contributed by atoms with E-state index in [9.17, 15) is 4.79 Å². The minimum atomic E-state index is -0.323.